The number of nitrogens with zero attached hydrogens (tertiary/aromatic N) is 1. The molecule has 1 aromatic carbocycles. The molecule has 0 aliphatic carbocycles. The van der Waals surface area contributed by atoms with Crippen molar-refractivity contribution in [3.8, 4) is 0 Å². The molecular weight excluding hydrogens is 279 g/mol. The Kier molecular flexibility index (Phi) is 4.65. The predicted octanol–water partition coefficient (Wildman–Crippen LogP) is 4.35. The zero-order valence-corrected chi connectivity index (χ0v) is 13.4. The Bertz CT molecular complexity index is 450. The average Bonchev–Trinajstić information content (AvgIpc) is 2.39. The number of hydrogen-bond donors (Lipinski definition) is 1. The van der Waals surface area contributed by atoms with Gasteiger partial charge in [-0.3, -0.25) is 0 Å². The Morgan fingerprint density at radius 1 is 1.37 bits per heavy atom. The fraction of sp³-hybridized carbons (Fsp3) is 0.600. The number of anilines is 1. The zero-order chi connectivity index (χ0) is 14.0. The Morgan fingerprint density at radius 2 is 2.11 bits per heavy atom. The summed E-state index contributed by atoms with van der Waals surface area (Å²) in [6.45, 7) is 8.69. The van der Waals surface area contributed by atoms with Gasteiger partial charge in [0.1, 0.15) is 0 Å². The molecule has 4 heteroatoms. The smallest absolute Gasteiger partial charge is 0.0654 e. The monoisotopic (exact) mass is 300 g/mol. The molecule has 0 saturated carbocycles. The third kappa shape index (κ3) is 3.18. The van der Waals surface area contributed by atoms with Crippen LogP contribution in [-0.4, -0.2) is 24.7 Å². The summed E-state index contributed by atoms with van der Waals surface area (Å²) < 4.78 is 0. The molecule has 0 aromatic heterocycles. The van der Waals surface area contributed by atoms with Crippen LogP contribution in [0.3, 0.4) is 0 Å². The largest absolute Gasteiger partial charge is 0.364 e. The Labute approximate surface area is 126 Å². The summed E-state index contributed by atoms with van der Waals surface area (Å²) in [6.07, 6.45) is 2.21. The quantitative estimate of drug-likeness (QED) is 0.893. The maximum absolute atomic E-state index is 6.37. The molecule has 0 radical (unpaired) electrons. The van der Waals surface area contributed by atoms with Crippen molar-refractivity contribution in [2.45, 2.75) is 45.2 Å². The summed E-state index contributed by atoms with van der Waals surface area (Å²) in [5, 5.41) is 5.10. The molecule has 1 saturated heterocycles. The molecule has 2 rings (SSSR count). The van der Waals surface area contributed by atoms with Gasteiger partial charge >= 0.3 is 0 Å². The van der Waals surface area contributed by atoms with Crippen molar-refractivity contribution in [3.63, 3.8) is 0 Å². The van der Waals surface area contributed by atoms with E-state index < -0.39 is 0 Å². The molecule has 0 amide bonds. The molecule has 0 bridgehead atoms. The van der Waals surface area contributed by atoms with E-state index in [1.165, 1.54) is 0 Å². The summed E-state index contributed by atoms with van der Waals surface area (Å²) >= 11 is 12.4. The van der Waals surface area contributed by atoms with E-state index in [1.807, 2.05) is 18.2 Å². The highest BCUT2D eigenvalue weighted by molar-refractivity contribution is 6.36. The van der Waals surface area contributed by atoms with E-state index in [9.17, 15) is 0 Å². The van der Waals surface area contributed by atoms with Gasteiger partial charge in [0.05, 0.1) is 10.7 Å². The first-order chi connectivity index (χ1) is 8.99. The number of nitrogens with one attached hydrogen (secondary N) is 1. The normalized spacial score (nSPS) is 27.6. The lowest BCUT2D eigenvalue weighted by atomic mass is 9.92. The fourth-order valence-corrected chi connectivity index (χ4v) is 3.15. The van der Waals surface area contributed by atoms with Gasteiger partial charge in [-0.05, 0) is 38.0 Å². The van der Waals surface area contributed by atoms with E-state index >= 15 is 0 Å². The van der Waals surface area contributed by atoms with Crippen LogP contribution in [0.15, 0.2) is 18.2 Å². The molecular formula is C15H22Cl2N2. The molecule has 1 aliphatic heterocycles. The number of piperazine rings is 1. The highest BCUT2D eigenvalue weighted by atomic mass is 35.5. The molecule has 2 unspecified atom stereocenters. The van der Waals surface area contributed by atoms with Gasteiger partial charge in [0.25, 0.3) is 0 Å². The van der Waals surface area contributed by atoms with Gasteiger partial charge in [-0.1, -0.05) is 37.0 Å². The van der Waals surface area contributed by atoms with Gasteiger partial charge in [0.2, 0.25) is 0 Å². The minimum Gasteiger partial charge on any atom is -0.364 e. The van der Waals surface area contributed by atoms with Gasteiger partial charge < -0.3 is 10.2 Å². The zero-order valence-electron chi connectivity index (χ0n) is 11.8. The van der Waals surface area contributed by atoms with Crippen molar-refractivity contribution in [1.82, 2.24) is 5.32 Å². The molecule has 1 fully saturated rings. The Hall–Kier alpha value is -0.440. The fourth-order valence-electron chi connectivity index (χ4n) is 2.63. The van der Waals surface area contributed by atoms with Crippen LogP contribution in [0.5, 0.6) is 0 Å². The summed E-state index contributed by atoms with van der Waals surface area (Å²) in [6, 6.07) is 6.27. The van der Waals surface area contributed by atoms with Crippen LogP contribution < -0.4 is 10.2 Å². The standard InChI is InChI=1S/C15H22Cl2N2/c1-4-12-9-18-15(3,5-2)10-19(12)14-7-6-11(16)8-13(14)17/h6-8,12,18H,4-5,9-10H2,1-3H3. The molecule has 1 aromatic rings. The van der Waals surface area contributed by atoms with E-state index in [4.69, 9.17) is 23.2 Å². The summed E-state index contributed by atoms with van der Waals surface area (Å²) in [4.78, 5) is 2.43. The number of benzene rings is 1. The molecule has 19 heavy (non-hydrogen) atoms. The number of rotatable bonds is 3. The minimum atomic E-state index is 0.147. The lowest BCUT2D eigenvalue weighted by Crippen LogP contribution is -2.62. The molecule has 0 spiro atoms. The second-order valence-corrected chi connectivity index (χ2v) is 6.42. The lowest BCUT2D eigenvalue weighted by molar-refractivity contribution is 0.276. The number of halogens is 2. The summed E-state index contributed by atoms with van der Waals surface area (Å²) in [5.74, 6) is 0. The third-order valence-electron chi connectivity index (χ3n) is 4.20. The topological polar surface area (TPSA) is 15.3 Å². The SMILES string of the molecule is CCC1CNC(C)(CC)CN1c1ccc(Cl)cc1Cl. The first-order valence-electron chi connectivity index (χ1n) is 6.96. The highest BCUT2D eigenvalue weighted by Crippen LogP contribution is 2.33. The van der Waals surface area contributed by atoms with Crippen molar-refractivity contribution >= 4 is 28.9 Å². The lowest BCUT2D eigenvalue weighted by Gasteiger charge is -2.47. The van der Waals surface area contributed by atoms with E-state index in [1.54, 1.807) is 0 Å². The minimum absolute atomic E-state index is 0.147. The second kappa shape index (κ2) is 5.90. The van der Waals surface area contributed by atoms with Crippen molar-refractivity contribution in [3.05, 3.63) is 28.2 Å². The van der Waals surface area contributed by atoms with Crippen molar-refractivity contribution in [2.24, 2.45) is 0 Å². The van der Waals surface area contributed by atoms with Crippen LogP contribution in [0.2, 0.25) is 10.0 Å². The van der Waals surface area contributed by atoms with E-state index in [-0.39, 0.29) is 5.54 Å². The van der Waals surface area contributed by atoms with Gasteiger partial charge in [-0.2, -0.15) is 0 Å². The molecule has 2 atom stereocenters. The highest BCUT2D eigenvalue weighted by Gasteiger charge is 2.34. The van der Waals surface area contributed by atoms with Crippen LogP contribution in [0.1, 0.15) is 33.6 Å². The first kappa shape index (κ1) is 15.0. The van der Waals surface area contributed by atoms with E-state index in [0.29, 0.717) is 11.1 Å². The van der Waals surface area contributed by atoms with Gasteiger partial charge in [-0.15, -0.1) is 0 Å². The van der Waals surface area contributed by atoms with Crippen molar-refractivity contribution in [1.29, 1.82) is 0 Å². The van der Waals surface area contributed by atoms with Crippen LogP contribution in [0.4, 0.5) is 5.69 Å². The Balaban J connectivity index is 2.32. The number of hydrogen-bond acceptors (Lipinski definition) is 2. The van der Waals surface area contributed by atoms with Crippen molar-refractivity contribution in [2.75, 3.05) is 18.0 Å². The summed E-state index contributed by atoms with van der Waals surface area (Å²) in [5.41, 5.74) is 1.24. The Morgan fingerprint density at radius 3 is 2.68 bits per heavy atom. The molecule has 1 heterocycles. The van der Waals surface area contributed by atoms with Crippen LogP contribution in [0, 0.1) is 0 Å². The second-order valence-electron chi connectivity index (χ2n) is 5.58. The third-order valence-corrected chi connectivity index (χ3v) is 4.73. The van der Waals surface area contributed by atoms with Gasteiger partial charge in [0.15, 0.2) is 0 Å². The van der Waals surface area contributed by atoms with Crippen LogP contribution in [-0.2, 0) is 0 Å². The van der Waals surface area contributed by atoms with Crippen LogP contribution >= 0.6 is 23.2 Å². The molecule has 2 nitrogen and oxygen atoms in total. The molecule has 1 N–H and O–H groups in total. The van der Waals surface area contributed by atoms with Gasteiger partial charge in [0, 0.05) is 29.7 Å². The molecule has 106 valence electrons. The summed E-state index contributed by atoms with van der Waals surface area (Å²) in [7, 11) is 0. The molecule has 1 aliphatic rings. The average molecular weight is 301 g/mol. The van der Waals surface area contributed by atoms with Crippen LogP contribution in [0.25, 0.3) is 0 Å². The van der Waals surface area contributed by atoms with E-state index in [0.717, 1.165) is 36.6 Å². The predicted molar refractivity (Wildman–Crippen MR) is 84.6 cm³/mol. The van der Waals surface area contributed by atoms with E-state index in [2.05, 4.69) is 31.0 Å². The maximum atomic E-state index is 6.37. The first-order valence-corrected chi connectivity index (χ1v) is 7.71. The van der Waals surface area contributed by atoms with Crippen molar-refractivity contribution < 1.29 is 0 Å². The van der Waals surface area contributed by atoms with Gasteiger partial charge in [-0.25, -0.2) is 0 Å². The maximum Gasteiger partial charge on any atom is 0.0654 e.